The highest BCUT2D eigenvalue weighted by atomic mass is 16.4. The van der Waals surface area contributed by atoms with Crippen molar-refractivity contribution in [2.75, 3.05) is 0 Å². The van der Waals surface area contributed by atoms with Gasteiger partial charge in [0, 0.05) is 0 Å². The fraction of sp³-hybridized carbons (Fsp3) is 0.893. The second kappa shape index (κ2) is 24.5. The lowest BCUT2D eigenvalue weighted by molar-refractivity contribution is -0.140. The van der Waals surface area contributed by atoms with Crippen LogP contribution in [-0.2, 0) is 4.79 Å². The Labute approximate surface area is 189 Å². The van der Waals surface area contributed by atoms with Gasteiger partial charge in [0.2, 0.25) is 0 Å². The van der Waals surface area contributed by atoms with E-state index in [1.807, 2.05) is 0 Å². The third-order valence-corrected chi connectivity index (χ3v) is 6.47. The molecule has 0 amide bonds. The lowest BCUT2D eigenvalue weighted by Crippen LogP contribution is -2.10. The monoisotopic (exact) mass is 422 g/mol. The number of unbranched alkanes of at least 4 members (excludes halogenated alkanes) is 21. The minimum absolute atomic E-state index is 0.352. The summed E-state index contributed by atoms with van der Waals surface area (Å²) in [4.78, 5) is 10.9. The van der Waals surface area contributed by atoms with Gasteiger partial charge in [0.25, 0.3) is 0 Å². The van der Waals surface area contributed by atoms with Crippen LogP contribution in [0, 0.1) is 5.92 Å². The fourth-order valence-electron chi connectivity index (χ4n) is 4.32. The van der Waals surface area contributed by atoms with Gasteiger partial charge in [0.1, 0.15) is 0 Å². The van der Waals surface area contributed by atoms with Crippen LogP contribution in [0.2, 0.25) is 0 Å². The molecule has 0 aliphatic heterocycles. The minimum atomic E-state index is -0.728. The van der Waals surface area contributed by atoms with E-state index in [2.05, 4.69) is 13.5 Å². The molecular weight excluding hydrogens is 368 g/mol. The zero-order valence-corrected chi connectivity index (χ0v) is 20.5. The maximum absolute atomic E-state index is 10.9. The van der Waals surface area contributed by atoms with Gasteiger partial charge in [-0.05, 0) is 6.42 Å². The molecule has 1 N–H and O–H groups in total. The minimum Gasteiger partial charge on any atom is -0.481 e. The van der Waals surface area contributed by atoms with Crippen LogP contribution in [0.25, 0.3) is 0 Å². The van der Waals surface area contributed by atoms with E-state index in [9.17, 15) is 4.79 Å². The zero-order valence-electron chi connectivity index (χ0n) is 20.5. The molecule has 0 aliphatic rings. The second-order valence-electron chi connectivity index (χ2n) is 9.39. The van der Waals surface area contributed by atoms with Crippen molar-refractivity contribution in [1.29, 1.82) is 0 Å². The average Bonchev–Trinajstić information content (AvgIpc) is 2.74. The Balaban J connectivity index is 3.10. The van der Waals surface area contributed by atoms with Crippen LogP contribution >= 0.6 is 0 Å². The first-order valence-electron chi connectivity index (χ1n) is 13.6. The Bertz CT molecular complexity index is 364. The van der Waals surface area contributed by atoms with Gasteiger partial charge in [0.05, 0.1) is 5.92 Å². The highest BCUT2D eigenvalue weighted by Crippen LogP contribution is 2.16. The third-order valence-electron chi connectivity index (χ3n) is 6.47. The molecule has 1 atom stereocenters. The normalized spacial score (nSPS) is 12.2. The van der Waals surface area contributed by atoms with Crippen LogP contribution in [0.5, 0.6) is 0 Å². The largest absolute Gasteiger partial charge is 0.481 e. The van der Waals surface area contributed by atoms with Crippen LogP contribution in [0.3, 0.4) is 0 Å². The molecule has 30 heavy (non-hydrogen) atoms. The lowest BCUT2D eigenvalue weighted by atomic mass is 10.00. The molecule has 0 aromatic heterocycles. The Kier molecular flexibility index (Phi) is 23.8. The first kappa shape index (κ1) is 29.2. The highest BCUT2D eigenvalue weighted by molar-refractivity contribution is 5.71. The first-order valence-corrected chi connectivity index (χ1v) is 13.6. The Morgan fingerprint density at radius 3 is 1.10 bits per heavy atom. The van der Waals surface area contributed by atoms with E-state index in [1.54, 1.807) is 6.08 Å². The number of hydrogen-bond donors (Lipinski definition) is 1. The Morgan fingerprint density at radius 2 is 0.867 bits per heavy atom. The van der Waals surface area contributed by atoms with Crippen LogP contribution < -0.4 is 0 Å². The van der Waals surface area contributed by atoms with Crippen molar-refractivity contribution in [1.82, 2.24) is 0 Å². The summed E-state index contributed by atoms with van der Waals surface area (Å²) in [6.07, 6.45) is 32.8. The summed E-state index contributed by atoms with van der Waals surface area (Å²) < 4.78 is 0. The average molecular weight is 423 g/mol. The van der Waals surface area contributed by atoms with E-state index in [4.69, 9.17) is 5.11 Å². The highest BCUT2D eigenvalue weighted by Gasteiger charge is 2.11. The number of carbonyl (C=O) groups is 1. The van der Waals surface area contributed by atoms with Crippen molar-refractivity contribution in [3.05, 3.63) is 12.7 Å². The topological polar surface area (TPSA) is 37.3 Å². The number of hydrogen-bond acceptors (Lipinski definition) is 1. The van der Waals surface area contributed by atoms with Crippen molar-refractivity contribution in [3.63, 3.8) is 0 Å². The molecule has 0 heterocycles. The molecule has 0 aromatic carbocycles. The van der Waals surface area contributed by atoms with Crippen molar-refractivity contribution in [2.45, 2.75) is 155 Å². The fourth-order valence-corrected chi connectivity index (χ4v) is 4.32. The van der Waals surface area contributed by atoms with E-state index >= 15 is 0 Å². The maximum atomic E-state index is 10.9. The molecule has 0 fully saturated rings. The summed E-state index contributed by atoms with van der Waals surface area (Å²) in [6.45, 7) is 5.90. The zero-order chi connectivity index (χ0) is 22.1. The molecule has 0 saturated heterocycles. The summed E-state index contributed by atoms with van der Waals surface area (Å²) in [5, 5.41) is 8.97. The molecule has 0 saturated carbocycles. The summed E-state index contributed by atoms with van der Waals surface area (Å²) in [6, 6.07) is 0. The SMILES string of the molecule is C=CC(CCCCCCCCCCCCCCCCCCCCCCCC)C(=O)O. The van der Waals surface area contributed by atoms with Crippen molar-refractivity contribution < 1.29 is 9.90 Å². The summed E-state index contributed by atoms with van der Waals surface area (Å²) in [5.74, 6) is -1.08. The van der Waals surface area contributed by atoms with Gasteiger partial charge in [0.15, 0.2) is 0 Å². The molecular formula is C28H54O2. The van der Waals surface area contributed by atoms with Crippen LogP contribution in [0.4, 0.5) is 0 Å². The van der Waals surface area contributed by atoms with Crippen molar-refractivity contribution >= 4 is 5.97 Å². The Hall–Kier alpha value is -0.790. The van der Waals surface area contributed by atoms with E-state index in [0.717, 1.165) is 19.3 Å². The third kappa shape index (κ3) is 21.9. The maximum Gasteiger partial charge on any atom is 0.310 e. The Morgan fingerprint density at radius 1 is 0.600 bits per heavy atom. The van der Waals surface area contributed by atoms with Gasteiger partial charge in [-0.3, -0.25) is 4.79 Å². The molecule has 0 aliphatic carbocycles. The quantitative estimate of drug-likeness (QED) is 0.117. The van der Waals surface area contributed by atoms with Crippen molar-refractivity contribution in [2.24, 2.45) is 5.92 Å². The standard InChI is InChI=1S/C28H54O2/c1-3-5-6-7-8-9-10-11-12-13-14-15-16-17-18-19-20-21-22-23-24-25-26-27(4-2)28(29)30/h4,27H,2-3,5-26H2,1H3,(H,29,30). The van der Waals surface area contributed by atoms with Gasteiger partial charge in [-0.25, -0.2) is 0 Å². The summed E-state index contributed by atoms with van der Waals surface area (Å²) in [7, 11) is 0. The summed E-state index contributed by atoms with van der Waals surface area (Å²) >= 11 is 0. The molecule has 0 spiro atoms. The molecule has 0 bridgehead atoms. The van der Waals surface area contributed by atoms with Gasteiger partial charge in [-0.1, -0.05) is 154 Å². The van der Waals surface area contributed by atoms with Crippen LogP contribution in [-0.4, -0.2) is 11.1 Å². The molecule has 1 unspecified atom stereocenters. The van der Waals surface area contributed by atoms with Crippen LogP contribution in [0.15, 0.2) is 12.7 Å². The number of aliphatic carboxylic acids is 1. The van der Waals surface area contributed by atoms with E-state index < -0.39 is 5.97 Å². The van der Waals surface area contributed by atoms with Gasteiger partial charge < -0.3 is 5.11 Å². The second-order valence-corrected chi connectivity index (χ2v) is 9.39. The van der Waals surface area contributed by atoms with Gasteiger partial charge in [-0.2, -0.15) is 0 Å². The van der Waals surface area contributed by atoms with E-state index in [-0.39, 0.29) is 5.92 Å². The van der Waals surface area contributed by atoms with Crippen LogP contribution in [0.1, 0.15) is 155 Å². The predicted molar refractivity (Wildman–Crippen MR) is 133 cm³/mol. The molecule has 2 heteroatoms. The molecule has 0 radical (unpaired) electrons. The molecule has 178 valence electrons. The molecule has 0 rings (SSSR count). The molecule has 2 nitrogen and oxygen atoms in total. The first-order chi connectivity index (χ1) is 14.7. The van der Waals surface area contributed by atoms with E-state index in [1.165, 1.54) is 128 Å². The summed E-state index contributed by atoms with van der Waals surface area (Å²) in [5.41, 5.74) is 0. The number of rotatable bonds is 25. The van der Waals surface area contributed by atoms with E-state index in [0.29, 0.717) is 0 Å². The lowest BCUT2D eigenvalue weighted by Gasteiger charge is -2.06. The smallest absolute Gasteiger partial charge is 0.310 e. The molecule has 0 aromatic rings. The predicted octanol–water partition coefficient (Wildman–Crippen LogP) is 9.87. The number of carboxylic acid groups (broad SMARTS) is 1. The van der Waals surface area contributed by atoms with Crippen molar-refractivity contribution in [3.8, 4) is 0 Å². The van der Waals surface area contributed by atoms with Gasteiger partial charge >= 0.3 is 5.97 Å². The number of carboxylic acids is 1. The van der Waals surface area contributed by atoms with Gasteiger partial charge in [-0.15, -0.1) is 6.58 Å².